The van der Waals surface area contributed by atoms with Crippen molar-refractivity contribution in [1.29, 1.82) is 0 Å². The van der Waals surface area contributed by atoms with Crippen molar-refractivity contribution in [2.75, 3.05) is 13.2 Å². The first-order valence-corrected chi connectivity index (χ1v) is 7.04. The fraction of sp³-hybridized carbons (Fsp3) is 0.600. The molecule has 1 aromatic rings. The lowest BCUT2D eigenvalue weighted by molar-refractivity contribution is -0.0299. The minimum Gasteiger partial charge on any atom is -0.373 e. The summed E-state index contributed by atoms with van der Waals surface area (Å²) in [6, 6.07) is 4.24. The van der Waals surface area contributed by atoms with E-state index in [0.717, 1.165) is 25.5 Å². The maximum atomic E-state index is 13.9. The molecule has 1 aromatic carbocycles. The van der Waals surface area contributed by atoms with Crippen molar-refractivity contribution >= 4 is 0 Å². The Morgan fingerprint density at radius 1 is 1.21 bits per heavy atom. The SMILES string of the molecule is Fc1ccc(F)c(C2OCCCC2CNC2CC2)c1. The highest BCUT2D eigenvalue weighted by Crippen LogP contribution is 2.35. The van der Waals surface area contributed by atoms with Gasteiger partial charge in [-0.25, -0.2) is 8.78 Å². The summed E-state index contributed by atoms with van der Waals surface area (Å²) in [6.45, 7) is 1.45. The number of halogens is 2. The average Bonchev–Trinajstić information content (AvgIpc) is 3.24. The monoisotopic (exact) mass is 267 g/mol. The molecule has 3 rings (SSSR count). The summed E-state index contributed by atoms with van der Waals surface area (Å²) >= 11 is 0. The van der Waals surface area contributed by atoms with Crippen LogP contribution in [0.3, 0.4) is 0 Å². The molecule has 2 aliphatic rings. The van der Waals surface area contributed by atoms with E-state index in [9.17, 15) is 8.78 Å². The van der Waals surface area contributed by atoms with Crippen LogP contribution in [0.15, 0.2) is 18.2 Å². The van der Waals surface area contributed by atoms with Gasteiger partial charge in [0.05, 0.1) is 6.10 Å². The molecule has 0 bridgehead atoms. The van der Waals surface area contributed by atoms with Crippen LogP contribution in [0.1, 0.15) is 37.4 Å². The third-order valence-corrected chi connectivity index (χ3v) is 3.96. The van der Waals surface area contributed by atoms with Gasteiger partial charge in [0.15, 0.2) is 0 Å². The largest absolute Gasteiger partial charge is 0.373 e. The van der Waals surface area contributed by atoms with E-state index in [2.05, 4.69) is 5.32 Å². The molecular formula is C15H19F2NO. The topological polar surface area (TPSA) is 21.3 Å². The van der Waals surface area contributed by atoms with Gasteiger partial charge in [0.1, 0.15) is 11.6 Å². The fourth-order valence-corrected chi connectivity index (χ4v) is 2.73. The molecule has 1 N–H and O–H groups in total. The van der Waals surface area contributed by atoms with Crippen LogP contribution in [0.4, 0.5) is 8.78 Å². The van der Waals surface area contributed by atoms with Gasteiger partial charge in [0.2, 0.25) is 0 Å². The fourth-order valence-electron chi connectivity index (χ4n) is 2.73. The summed E-state index contributed by atoms with van der Waals surface area (Å²) in [4.78, 5) is 0. The van der Waals surface area contributed by atoms with E-state index >= 15 is 0 Å². The van der Waals surface area contributed by atoms with Gasteiger partial charge in [-0.1, -0.05) is 0 Å². The summed E-state index contributed by atoms with van der Waals surface area (Å²) in [5, 5.41) is 3.46. The lowest BCUT2D eigenvalue weighted by Gasteiger charge is -2.32. The molecular weight excluding hydrogens is 248 g/mol. The molecule has 1 saturated heterocycles. The zero-order chi connectivity index (χ0) is 13.2. The number of hydrogen-bond donors (Lipinski definition) is 1. The van der Waals surface area contributed by atoms with Gasteiger partial charge in [-0.15, -0.1) is 0 Å². The van der Waals surface area contributed by atoms with Gasteiger partial charge in [-0.05, 0) is 43.9 Å². The lowest BCUT2D eigenvalue weighted by atomic mass is 9.89. The molecule has 2 unspecified atom stereocenters. The Labute approximate surface area is 112 Å². The van der Waals surface area contributed by atoms with Crippen LogP contribution in [0.25, 0.3) is 0 Å². The predicted molar refractivity (Wildman–Crippen MR) is 68.8 cm³/mol. The lowest BCUT2D eigenvalue weighted by Crippen LogP contribution is -2.33. The third kappa shape index (κ3) is 3.12. The van der Waals surface area contributed by atoms with Crippen LogP contribution in [-0.2, 0) is 4.74 Å². The second kappa shape index (κ2) is 5.55. The third-order valence-electron chi connectivity index (χ3n) is 3.96. The maximum absolute atomic E-state index is 13.9. The Bertz CT molecular complexity index is 448. The normalized spacial score (nSPS) is 27.5. The van der Waals surface area contributed by atoms with Gasteiger partial charge in [0.25, 0.3) is 0 Å². The molecule has 4 heteroatoms. The van der Waals surface area contributed by atoms with Crippen molar-refractivity contribution < 1.29 is 13.5 Å². The van der Waals surface area contributed by atoms with E-state index < -0.39 is 5.82 Å². The quantitative estimate of drug-likeness (QED) is 0.904. The van der Waals surface area contributed by atoms with Crippen molar-refractivity contribution in [3.05, 3.63) is 35.4 Å². The molecule has 2 nitrogen and oxygen atoms in total. The Morgan fingerprint density at radius 3 is 2.84 bits per heavy atom. The van der Waals surface area contributed by atoms with Gasteiger partial charge >= 0.3 is 0 Å². The minimum absolute atomic E-state index is 0.227. The van der Waals surface area contributed by atoms with E-state index in [4.69, 9.17) is 4.74 Å². The van der Waals surface area contributed by atoms with Crippen molar-refractivity contribution in [1.82, 2.24) is 5.32 Å². The molecule has 1 heterocycles. The summed E-state index contributed by atoms with van der Waals surface area (Å²) in [5.74, 6) is -0.546. The van der Waals surface area contributed by atoms with Crippen LogP contribution in [0.5, 0.6) is 0 Å². The van der Waals surface area contributed by atoms with Crippen molar-refractivity contribution in [3.63, 3.8) is 0 Å². The smallest absolute Gasteiger partial charge is 0.129 e. The van der Waals surface area contributed by atoms with Crippen LogP contribution >= 0.6 is 0 Å². The van der Waals surface area contributed by atoms with Crippen molar-refractivity contribution in [2.45, 2.75) is 37.8 Å². The van der Waals surface area contributed by atoms with E-state index in [0.29, 0.717) is 18.2 Å². The standard InChI is InChI=1S/C15H19F2NO/c16-11-3-6-14(17)13(8-11)15-10(2-1-7-19-15)9-18-12-4-5-12/h3,6,8,10,12,15,18H,1-2,4-5,7,9H2. The number of rotatable bonds is 4. The molecule has 1 aliphatic heterocycles. The first-order valence-electron chi connectivity index (χ1n) is 7.04. The molecule has 1 saturated carbocycles. The van der Waals surface area contributed by atoms with Gasteiger partial charge in [-0.2, -0.15) is 0 Å². The summed E-state index contributed by atoms with van der Waals surface area (Å²) in [5.41, 5.74) is 0.363. The van der Waals surface area contributed by atoms with Crippen LogP contribution < -0.4 is 5.32 Å². The Balaban J connectivity index is 1.75. The molecule has 19 heavy (non-hydrogen) atoms. The molecule has 0 spiro atoms. The highest BCUT2D eigenvalue weighted by Gasteiger charge is 2.31. The predicted octanol–water partition coefficient (Wildman–Crippen LogP) is 3.18. The molecule has 0 aromatic heterocycles. The molecule has 0 amide bonds. The number of hydrogen-bond acceptors (Lipinski definition) is 2. The van der Waals surface area contributed by atoms with Crippen molar-refractivity contribution in [3.8, 4) is 0 Å². The average molecular weight is 267 g/mol. The number of nitrogens with one attached hydrogen (secondary N) is 1. The summed E-state index contributed by atoms with van der Waals surface area (Å²) in [6.07, 6.45) is 4.12. The molecule has 104 valence electrons. The molecule has 2 fully saturated rings. The van der Waals surface area contributed by atoms with Crippen LogP contribution in [0, 0.1) is 17.6 Å². The Hall–Kier alpha value is -1.00. The second-order valence-electron chi connectivity index (χ2n) is 5.54. The second-order valence-corrected chi connectivity index (χ2v) is 5.54. The van der Waals surface area contributed by atoms with Gasteiger partial charge in [0, 0.05) is 30.7 Å². The minimum atomic E-state index is -0.403. The van der Waals surface area contributed by atoms with Gasteiger partial charge < -0.3 is 10.1 Å². The number of ether oxygens (including phenoxy) is 1. The molecule has 0 radical (unpaired) electrons. The van der Waals surface area contributed by atoms with Crippen LogP contribution in [0.2, 0.25) is 0 Å². The zero-order valence-corrected chi connectivity index (χ0v) is 10.9. The Morgan fingerprint density at radius 2 is 2.05 bits per heavy atom. The zero-order valence-electron chi connectivity index (χ0n) is 10.9. The van der Waals surface area contributed by atoms with E-state index in [-0.39, 0.29) is 17.8 Å². The first kappa shape index (κ1) is 13.0. The summed E-state index contributed by atoms with van der Waals surface area (Å²) < 4.78 is 32.9. The van der Waals surface area contributed by atoms with E-state index in [1.165, 1.54) is 25.0 Å². The first-order chi connectivity index (χ1) is 9.24. The molecule has 2 atom stereocenters. The van der Waals surface area contributed by atoms with E-state index in [1.807, 2.05) is 0 Å². The highest BCUT2D eigenvalue weighted by atomic mass is 19.1. The summed E-state index contributed by atoms with van der Waals surface area (Å²) in [7, 11) is 0. The molecule has 1 aliphatic carbocycles. The maximum Gasteiger partial charge on any atom is 0.129 e. The number of benzene rings is 1. The van der Waals surface area contributed by atoms with Crippen LogP contribution in [-0.4, -0.2) is 19.2 Å². The highest BCUT2D eigenvalue weighted by molar-refractivity contribution is 5.22. The van der Waals surface area contributed by atoms with Gasteiger partial charge in [-0.3, -0.25) is 0 Å². The van der Waals surface area contributed by atoms with Crippen molar-refractivity contribution in [2.24, 2.45) is 5.92 Å². The van der Waals surface area contributed by atoms with E-state index in [1.54, 1.807) is 0 Å². The Kier molecular flexibility index (Phi) is 3.80.